The highest BCUT2D eigenvalue weighted by Crippen LogP contribution is 2.39. The number of likely N-dealkylation sites (tertiary alicyclic amines) is 1. The molecule has 4 nitrogen and oxygen atoms in total. The third-order valence-corrected chi connectivity index (χ3v) is 10.7. The van der Waals surface area contributed by atoms with Crippen molar-refractivity contribution in [3.8, 4) is 5.75 Å². The number of hydrogen-bond donors (Lipinski definition) is 1. The Hall–Kier alpha value is -2.39. The van der Waals surface area contributed by atoms with Crippen molar-refractivity contribution in [2.45, 2.75) is 102 Å². The lowest BCUT2D eigenvalue weighted by Gasteiger charge is -2.24. The summed E-state index contributed by atoms with van der Waals surface area (Å²) in [4.78, 5) is 2.46. The predicted molar refractivity (Wildman–Crippen MR) is 165 cm³/mol. The van der Waals surface area contributed by atoms with Crippen molar-refractivity contribution < 1.29 is 31.1 Å². The Morgan fingerprint density at radius 1 is 0.884 bits per heavy atom. The molecule has 2 aromatic carbocycles. The molecule has 43 heavy (non-hydrogen) atoms. The SMILES string of the molecule is O=S(=O)(CCCC1CCCN1CCCCCCC1=C(c2ccc(F)cc2)CCCc2cc(O)ccc21)CCCC(F)(F)F. The van der Waals surface area contributed by atoms with Crippen molar-refractivity contribution in [3.63, 3.8) is 0 Å². The number of phenols is 1. The standard InChI is InChI=1S/C34H45F4NO3S/c35-28-16-14-26(15-17-28)31-13-5-9-27-25-30(40)18-19-32(27)33(31)12-3-1-2-4-21-39-22-6-10-29(39)11-7-23-43(41,42)24-8-20-34(36,37)38/h14-19,25,29,40H,1-13,20-24H2. The number of aryl methyl sites for hydroxylation is 1. The highest BCUT2D eigenvalue weighted by molar-refractivity contribution is 7.91. The fourth-order valence-electron chi connectivity index (χ4n) is 6.73. The second-order valence-electron chi connectivity index (χ2n) is 12.2. The highest BCUT2D eigenvalue weighted by Gasteiger charge is 2.28. The molecule has 1 aliphatic heterocycles. The summed E-state index contributed by atoms with van der Waals surface area (Å²) in [5.41, 5.74) is 5.99. The van der Waals surface area contributed by atoms with E-state index in [-0.39, 0.29) is 23.7 Å². The van der Waals surface area contributed by atoms with Crippen molar-refractivity contribution >= 4 is 21.0 Å². The lowest BCUT2D eigenvalue weighted by atomic mass is 9.89. The summed E-state index contributed by atoms with van der Waals surface area (Å²) < 4.78 is 75.0. The molecule has 0 bridgehead atoms. The van der Waals surface area contributed by atoms with Gasteiger partial charge in [0.25, 0.3) is 0 Å². The van der Waals surface area contributed by atoms with Crippen LogP contribution in [0.3, 0.4) is 0 Å². The van der Waals surface area contributed by atoms with Crippen LogP contribution >= 0.6 is 0 Å². The Morgan fingerprint density at radius 3 is 2.40 bits per heavy atom. The second-order valence-corrected chi connectivity index (χ2v) is 14.5. The molecule has 1 atom stereocenters. The van der Waals surface area contributed by atoms with Crippen LogP contribution in [0.25, 0.3) is 11.1 Å². The molecular weight excluding hydrogens is 578 g/mol. The van der Waals surface area contributed by atoms with Gasteiger partial charge < -0.3 is 10.0 Å². The predicted octanol–water partition coefficient (Wildman–Crippen LogP) is 8.73. The van der Waals surface area contributed by atoms with E-state index < -0.39 is 28.2 Å². The van der Waals surface area contributed by atoms with E-state index in [1.54, 1.807) is 6.07 Å². The van der Waals surface area contributed by atoms with Crippen molar-refractivity contribution in [2.75, 3.05) is 24.6 Å². The fraction of sp³-hybridized carbons (Fsp3) is 0.588. The number of halogens is 4. The molecule has 0 saturated carbocycles. The summed E-state index contributed by atoms with van der Waals surface area (Å²) >= 11 is 0. The Balaban J connectivity index is 1.24. The van der Waals surface area contributed by atoms with Gasteiger partial charge in [0.1, 0.15) is 21.4 Å². The fourth-order valence-corrected chi connectivity index (χ4v) is 8.12. The van der Waals surface area contributed by atoms with Gasteiger partial charge in [0, 0.05) is 12.5 Å². The molecule has 1 saturated heterocycles. The number of aromatic hydroxyl groups is 1. The van der Waals surface area contributed by atoms with Crippen molar-refractivity contribution in [1.82, 2.24) is 4.90 Å². The molecule has 0 amide bonds. The summed E-state index contributed by atoms with van der Waals surface area (Å²) in [6.45, 7) is 2.00. The van der Waals surface area contributed by atoms with Gasteiger partial charge in [-0.3, -0.25) is 0 Å². The van der Waals surface area contributed by atoms with Crippen LogP contribution in [-0.2, 0) is 16.3 Å². The topological polar surface area (TPSA) is 57.6 Å². The van der Waals surface area contributed by atoms with Crippen LogP contribution < -0.4 is 0 Å². The first-order valence-corrected chi connectivity index (χ1v) is 17.6. The molecule has 4 rings (SSSR count). The molecular formula is C34H45F4NO3S. The Bertz CT molecular complexity index is 1320. The third-order valence-electron chi connectivity index (χ3n) is 8.87. The van der Waals surface area contributed by atoms with Crippen LogP contribution in [0.5, 0.6) is 5.75 Å². The van der Waals surface area contributed by atoms with Crippen molar-refractivity contribution in [2.24, 2.45) is 0 Å². The Kier molecular flexibility index (Phi) is 12.1. The van der Waals surface area contributed by atoms with Crippen molar-refractivity contribution in [1.29, 1.82) is 0 Å². The molecule has 1 unspecified atom stereocenters. The molecule has 1 fully saturated rings. The normalized spacial score (nSPS) is 18.2. The molecule has 0 aromatic heterocycles. The van der Waals surface area contributed by atoms with Gasteiger partial charge in [-0.15, -0.1) is 0 Å². The van der Waals surface area contributed by atoms with Gasteiger partial charge in [-0.25, -0.2) is 12.8 Å². The number of fused-ring (bicyclic) bond motifs is 1. The van der Waals surface area contributed by atoms with Gasteiger partial charge in [-0.2, -0.15) is 13.2 Å². The minimum absolute atomic E-state index is 0.0340. The summed E-state index contributed by atoms with van der Waals surface area (Å²) in [5, 5.41) is 10.1. The molecule has 0 spiro atoms. The van der Waals surface area contributed by atoms with Gasteiger partial charge in [-0.05, 0) is 136 Å². The van der Waals surface area contributed by atoms with E-state index >= 15 is 0 Å². The van der Waals surface area contributed by atoms with E-state index in [2.05, 4.69) is 4.90 Å². The lowest BCUT2D eigenvalue weighted by Crippen LogP contribution is -2.30. The van der Waals surface area contributed by atoms with E-state index in [4.69, 9.17) is 0 Å². The highest BCUT2D eigenvalue weighted by atomic mass is 32.2. The van der Waals surface area contributed by atoms with E-state index in [9.17, 15) is 31.1 Å². The molecule has 1 N–H and O–H groups in total. The summed E-state index contributed by atoms with van der Waals surface area (Å²) in [5.74, 6) is -0.383. The molecule has 1 aliphatic carbocycles. The zero-order chi connectivity index (χ0) is 30.9. The van der Waals surface area contributed by atoms with Crippen LogP contribution in [0.15, 0.2) is 42.5 Å². The van der Waals surface area contributed by atoms with Crippen LogP contribution in [0.1, 0.15) is 100 Å². The average Bonchev–Trinajstić information content (AvgIpc) is 3.30. The number of phenolic OH excluding ortho intramolecular Hbond substituents is 1. The molecule has 2 aromatic rings. The summed E-state index contributed by atoms with van der Waals surface area (Å²) in [6, 6.07) is 12.8. The largest absolute Gasteiger partial charge is 0.508 e. The number of allylic oxidation sites excluding steroid dienone is 2. The number of sulfone groups is 1. The average molecular weight is 624 g/mol. The zero-order valence-electron chi connectivity index (χ0n) is 25.0. The van der Waals surface area contributed by atoms with Crippen LogP contribution in [0.4, 0.5) is 17.6 Å². The number of hydrogen-bond acceptors (Lipinski definition) is 4. The maximum Gasteiger partial charge on any atom is 0.389 e. The number of rotatable bonds is 15. The maximum absolute atomic E-state index is 13.7. The minimum atomic E-state index is -4.31. The first-order chi connectivity index (χ1) is 20.5. The molecule has 2 aliphatic rings. The van der Waals surface area contributed by atoms with E-state index in [0.717, 1.165) is 89.3 Å². The van der Waals surface area contributed by atoms with E-state index in [1.807, 2.05) is 24.3 Å². The smallest absolute Gasteiger partial charge is 0.389 e. The van der Waals surface area contributed by atoms with E-state index in [0.29, 0.717) is 12.5 Å². The number of nitrogens with zero attached hydrogens (tertiary/aromatic N) is 1. The molecule has 1 heterocycles. The molecule has 0 radical (unpaired) electrons. The lowest BCUT2D eigenvalue weighted by molar-refractivity contribution is -0.134. The number of unbranched alkanes of at least 4 members (excludes halogenated alkanes) is 3. The van der Waals surface area contributed by atoms with Gasteiger partial charge >= 0.3 is 6.18 Å². The molecule has 9 heteroatoms. The minimum Gasteiger partial charge on any atom is -0.508 e. The zero-order valence-corrected chi connectivity index (χ0v) is 25.8. The monoisotopic (exact) mass is 623 g/mol. The number of benzene rings is 2. The molecule has 238 valence electrons. The summed E-state index contributed by atoms with van der Waals surface area (Å²) in [7, 11) is -3.45. The second kappa shape index (κ2) is 15.6. The van der Waals surface area contributed by atoms with Gasteiger partial charge in [0.05, 0.1) is 11.5 Å². The third kappa shape index (κ3) is 10.6. The number of alkyl halides is 3. The van der Waals surface area contributed by atoms with E-state index in [1.165, 1.54) is 34.4 Å². The van der Waals surface area contributed by atoms with Crippen LogP contribution in [0, 0.1) is 5.82 Å². The van der Waals surface area contributed by atoms with Crippen LogP contribution in [-0.4, -0.2) is 55.2 Å². The maximum atomic E-state index is 13.7. The Labute approximate surface area is 254 Å². The summed E-state index contributed by atoms with van der Waals surface area (Å²) in [6.07, 6.45) is 5.71. The van der Waals surface area contributed by atoms with Gasteiger partial charge in [0.15, 0.2) is 0 Å². The first kappa shape index (κ1) is 33.5. The first-order valence-electron chi connectivity index (χ1n) is 15.8. The van der Waals surface area contributed by atoms with Crippen molar-refractivity contribution in [3.05, 3.63) is 65.0 Å². The van der Waals surface area contributed by atoms with Gasteiger partial charge in [0.2, 0.25) is 0 Å². The van der Waals surface area contributed by atoms with Gasteiger partial charge in [-0.1, -0.05) is 31.0 Å². The quantitative estimate of drug-likeness (QED) is 0.159. The Morgan fingerprint density at radius 2 is 1.63 bits per heavy atom. The van der Waals surface area contributed by atoms with Crippen LogP contribution in [0.2, 0.25) is 0 Å².